The number of carbonyl (C=O) groups excluding carboxylic acids is 1. The van der Waals surface area contributed by atoms with Crippen molar-refractivity contribution in [2.24, 2.45) is 0 Å². The van der Waals surface area contributed by atoms with Crippen LogP contribution in [0.3, 0.4) is 0 Å². The highest BCUT2D eigenvalue weighted by molar-refractivity contribution is 7.10. The zero-order chi connectivity index (χ0) is 16.7. The molecule has 4 nitrogen and oxygen atoms in total. The van der Waals surface area contributed by atoms with Crippen LogP contribution in [0.4, 0.5) is 0 Å². The molecule has 4 rings (SSSR count). The third-order valence-electron chi connectivity index (χ3n) is 5.10. The lowest BCUT2D eigenvalue weighted by Gasteiger charge is -2.43. The Morgan fingerprint density at radius 3 is 2.67 bits per heavy atom. The maximum Gasteiger partial charge on any atom is 0.253 e. The summed E-state index contributed by atoms with van der Waals surface area (Å²) in [4.78, 5) is 20.5. The number of piperidine rings is 1. The van der Waals surface area contributed by atoms with E-state index < -0.39 is 0 Å². The minimum atomic E-state index is -0.164. The zero-order valence-electron chi connectivity index (χ0n) is 14.2. The molecule has 24 heavy (non-hydrogen) atoms. The van der Waals surface area contributed by atoms with Gasteiger partial charge in [0.15, 0.2) is 0 Å². The van der Waals surface area contributed by atoms with E-state index in [0.29, 0.717) is 0 Å². The largest absolute Gasteiger partial charge is 0.369 e. The molecule has 0 saturated carbocycles. The van der Waals surface area contributed by atoms with Crippen molar-refractivity contribution in [3.63, 3.8) is 0 Å². The van der Waals surface area contributed by atoms with Gasteiger partial charge in [-0.15, -0.1) is 11.3 Å². The first-order chi connectivity index (χ1) is 11.6. The molecule has 0 N–H and O–H groups in total. The van der Waals surface area contributed by atoms with Crippen LogP contribution in [-0.4, -0.2) is 35.5 Å². The summed E-state index contributed by atoms with van der Waals surface area (Å²) in [5.74, 6) is 0.112. The first-order valence-electron chi connectivity index (χ1n) is 8.53. The number of fused-ring (bicyclic) bond motifs is 2. The maximum atomic E-state index is 12.8. The van der Waals surface area contributed by atoms with Crippen LogP contribution in [0.5, 0.6) is 0 Å². The number of pyridine rings is 1. The average Bonchev–Trinajstić information content (AvgIpc) is 3.04. The Balaban J connectivity index is 1.52. The molecule has 2 aliphatic rings. The standard InChI is InChI=1S/C19H22N2O2S/c1-13-11-16(12-14(2)20-13)18(22)21-7-5-19(6-8-21)17-15(3-9-23-19)4-10-24-17/h4,10-12H,3,5-9H2,1-2H3. The molecule has 0 radical (unpaired) electrons. The normalized spacial score (nSPS) is 19.3. The van der Waals surface area contributed by atoms with Gasteiger partial charge in [0, 0.05) is 34.9 Å². The second-order valence-electron chi connectivity index (χ2n) is 6.80. The molecular weight excluding hydrogens is 320 g/mol. The first kappa shape index (κ1) is 15.8. The molecule has 1 saturated heterocycles. The second kappa shape index (κ2) is 5.97. The number of rotatable bonds is 1. The molecule has 0 aromatic carbocycles. The summed E-state index contributed by atoms with van der Waals surface area (Å²) in [5, 5.41) is 2.17. The van der Waals surface area contributed by atoms with E-state index in [1.165, 1.54) is 10.4 Å². The number of likely N-dealkylation sites (tertiary alicyclic amines) is 1. The number of thiophene rings is 1. The highest BCUT2D eigenvalue weighted by Gasteiger charge is 2.42. The summed E-state index contributed by atoms with van der Waals surface area (Å²) in [6.45, 7) is 6.15. The molecule has 126 valence electrons. The quantitative estimate of drug-likeness (QED) is 0.797. The van der Waals surface area contributed by atoms with E-state index in [1.54, 1.807) is 11.3 Å². The molecular formula is C19H22N2O2S. The van der Waals surface area contributed by atoms with Crippen molar-refractivity contribution in [2.45, 2.75) is 38.7 Å². The third kappa shape index (κ3) is 2.66. The van der Waals surface area contributed by atoms with Gasteiger partial charge in [-0.3, -0.25) is 9.78 Å². The van der Waals surface area contributed by atoms with E-state index in [4.69, 9.17) is 4.74 Å². The number of hydrogen-bond acceptors (Lipinski definition) is 4. The van der Waals surface area contributed by atoms with E-state index in [0.717, 1.165) is 55.9 Å². The Hall–Kier alpha value is -1.72. The Labute approximate surface area is 146 Å². The fraction of sp³-hybridized carbons (Fsp3) is 0.474. The lowest BCUT2D eigenvalue weighted by atomic mass is 9.85. The Morgan fingerprint density at radius 2 is 1.96 bits per heavy atom. The zero-order valence-corrected chi connectivity index (χ0v) is 15.0. The smallest absolute Gasteiger partial charge is 0.253 e. The Kier molecular flexibility index (Phi) is 3.93. The molecule has 2 aliphatic heterocycles. The van der Waals surface area contributed by atoms with Gasteiger partial charge in [0.2, 0.25) is 0 Å². The van der Waals surface area contributed by atoms with Crippen LogP contribution >= 0.6 is 11.3 Å². The van der Waals surface area contributed by atoms with Crippen LogP contribution in [-0.2, 0) is 16.8 Å². The molecule has 0 unspecified atom stereocenters. The van der Waals surface area contributed by atoms with Gasteiger partial charge >= 0.3 is 0 Å². The molecule has 1 spiro atoms. The van der Waals surface area contributed by atoms with E-state index in [1.807, 2.05) is 30.9 Å². The fourth-order valence-corrected chi connectivity index (χ4v) is 5.10. The van der Waals surface area contributed by atoms with E-state index in [9.17, 15) is 4.79 Å². The summed E-state index contributed by atoms with van der Waals surface area (Å²) in [6, 6.07) is 5.99. The maximum absolute atomic E-state index is 12.8. The first-order valence-corrected chi connectivity index (χ1v) is 9.41. The van der Waals surface area contributed by atoms with Crippen molar-refractivity contribution in [1.29, 1.82) is 0 Å². The van der Waals surface area contributed by atoms with Crippen LogP contribution in [0, 0.1) is 13.8 Å². The monoisotopic (exact) mass is 342 g/mol. The summed E-state index contributed by atoms with van der Waals surface area (Å²) in [6.07, 6.45) is 2.78. The van der Waals surface area contributed by atoms with Crippen molar-refractivity contribution in [2.75, 3.05) is 19.7 Å². The Morgan fingerprint density at radius 1 is 1.25 bits per heavy atom. The van der Waals surface area contributed by atoms with E-state index in [2.05, 4.69) is 16.4 Å². The molecule has 2 aromatic rings. The van der Waals surface area contributed by atoms with Gasteiger partial charge in [0.1, 0.15) is 5.60 Å². The SMILES string of the molecule is Cc1cc(C(=O)N2CCC3(CC2)OCCc2ccsc23)cc(C)n1. The number of carbonyl (C=O) groups is 1. The van der Waals surface area contributed by atoms with E-state index in [-0.39, 0.29) is 11.5 Å². The predicted molar refractivity (Wildman–Crippen MR) is 94.5 cm³/mol. The van der Waals surface area contributed by atoms with Crippen LogP contribution < -0.4 is 0 Å². The summed E-state index contributed by atoms with van der Waals surface area (Å²) >= 11 is 1.80. The van der Waals surface area contributed by atoms with Crippen LogP contribution in [0.2, 0.25) is 0 Å². The van der Waals surface area contributed by atoms with Crippen molar-refractivity contribution in [3.8, 4) is 0 Å². The number of nitrogens with zero attached hydrogens (tertiary/aromatic N) is 2. The van der Waals surface area contributed by atoms with Gasteiger partial charge in [-0.25, -0.2) is 0 Å². The molecule has 0 aliphatic carbocycles. The van der Waals surface area contributed by atoms with Gasteiger partial charge < -0.3 is 9.64 Å². The van der Waals surface area contributed by atoms with Gasteiger partial charge in [-0.2, -0.15) is 0 Å². The minimum Gasteiger partial charge on any atom is -0.369 e. The number of ether oxygens (including phenoxy) is 1. The van der Waals surface area contributed by atoms with Gasteiger partial charge in [0.25, 0.3) is 5.91 Å². The molecule has 0 atom stereocenters. The Bertz CT molecular complexity index is 755. The summed E-state index contributed by atoms with van der Waals surface area (Å²) in [5.41, 5.74) is 3.81. The molecule has 0 bridgehead atoms. The predicted octanol–water partition coefficient (Wildman–Crippen LogP) is 3.46. The summed E-state index contributed by atoms with van der Waals surface area (Å²) in [7, 11) is 0. The molecule has 1 amide bonds. The number of amides is 1. The number of aromatic nitrogens is 1. The summed E-state index contributed by atoms with van der Waals surface area (Å²) < 4.78 is 6.23. The molecule has 5 heteroatoms. The van der Waals surface area contributed by atoms with Crippen molar-refractivity contribution >= 4 is 17.2 Å². The van der Waals surface area contributed by atoms with Gasteiger partial charge in [-0.05, 0) is 62.3 Å². The van der Waals surface area contributed by atoms with Gasteiger partial charge in [-0.1, -0.05) is 0 Å². The average molecular weight is 342 g/mol. The van der Waals surface area contributed by atoms with Crippen LogP contribution in [0.15, 0.2) is 23.6 Å². The highest BCUT2D eigenvalue weighted by Crippen LogP contribution is 2.44. The molecule has 4 heterocycles. The molecule has 1 fully saturated rings. The van der Waals surface area contributed by atoms with Crippen LogP contribution in [0.1, 0.15) is 45.0 Å². The number of hydrogen-bond donors (Lipinski definition) is 0. The van der Waals surface area contributed by atoms with Crippen molar-refractivity contribution in [3.05, 3.63) is 51.0 Å². The third-order valence-corrected chi connectivity index (χ3v) is 6.24. The lowest BCUT2D eigenvalue weighted by molar-refractivity contribution is -0.0906. The fourth-order valence-electron chi connectivity index (χ4n) is 3.94. The second-order valence-corrected chi connectivity index (χ2v) is 7.71. The number of aryl methyl sites for hydroxylation is 2. The van der Waals surface area contributed by atoms with Gasteiger partial charge in [0.05, 0.1) is 6.61 Å². The van der Waals surface area contributed by atoms with Crippen LogP contribution in [0.25, 0.3) is 0 Å². The topological polar surface area (TPSA) is 42.4 Å². The highest BCUT2D eigenvalue weighted by atomic mass is 32.1. The molecule has 2 aromatic heterocycles. The van der Waals surface area contributed by atoms with Crippen molar-refractivity contribution < 1.29 is 9.53 Å². The lowest BCUT2D eigenvalue weighted by Crippen LogP contribution is -2.47. The van der Waals surface area contributed by atoms with Crippen molar-refractivity contribution in [1.82, 2.24) is 9.88 Å². The van der Waals surface area contributed by atoms with E-state index >= 15 is 0 Å². The minimum absolute atomic E-state index is 0.112.